The number of carbonyl (C=O) groups is 1. The molecule has 2 aliphatic heterocycles. The van der Waals surface area contributed by atoms with Gasteiger partial charge in [-0.05, 0) is 43.3 Å². The van der Waals surface area contributed by atoms with Crippen LogP contribution in [0.3, 0.4) is 0 Å². The van der Waals surface area contributed by atoms with Gasteiger partial charge in [0.05, 0.1) is 13.2 Å². The van der Waals surface area contributed by atoms with Crippen molar-refractivity contribution in [2.45, 2.75) is 13.5 Å². The van der Waals surface area contributed by atoms with E-state index in [0.29, 0.717) is 5.82 Å². The Balaban J connectivity index is 1.53. The maximum atomic E-state index is 11.4. The molecule has 0 saturated carbocycles. The quantitative estimate of drug-likeness (QED) is 0.609. The molecule has 5 rings (SSSR count). The van der Waals surface area contributed by atoms with Crippen LogP contribution in [0, 0.1) is 6.92 Å². The Hall–Kier alpha value is -3.91. The van der Waals surface area contributed by atoms with Crippen molar-refractivity contribution >= 4 is 34.6 Å². The number of morpholine rings is 1. The number of rotatable bonds is 5. The number of carbonyl (C=O) groups excluding carboxylic acids is 1. The number of primary amides is 1. The standard InChI is InChI=1S/C25H25N6O2/c1-18-2-6-20(7-3-18)27-25-24(28-23-17-29(16-22(26)32)10-11-31(23)25)19-4-8-21(9-5-19)30-12-14-33-15-13-30/h2-11,17H,12-16H2,1H3,(H-,26,32)/q+1/p+1. The van der Waals surface area contributed by atoms with E-state index in [1.165, 1.54) is 11.3 Å². The van der Waals surface area contributed by atoms with Crippen LogP contribution in [0.1, 0.15) is 11.1 Å². The molecule has 1 saturated heterocycles. The van der Waals surface area contributed by atoms with Crippen molar-refractivity contribution in [1.82, 2.24) is 0 Å². The molecule has 2 aromatic carbocycles. The van der Waals surface area contributed by atoms with E-state index in [2.05, 4.69) is 36.1 Å². The first-order valence-electron chi connectivity index (χ1n) is 11.0. The number of anilines is 1. The van der Waals surface area contributed by atoms with Crippen LogP contribution in [0.25, 0.3) is 0 Å². The number of aryl methyl sites for hydroxylation is 1. The fraction of sp³-hybridized carbons (Fsp3) is 0.240. The van der Waals surface area contributed by atoms with Gasteiger partial charge in [-0.15, -0.1) is 0 Å². The van der Waals surface area contributed by atoms with Gasteiger partial charge >= 0.3 is 11.7 Å². The molecule has 166 valence electrons. The van der Waals surface area contributed by atoms with Gasteiger partial charge in [-0.3, -0.25) is 4.79 Å². The molecular weight excluding hydrogens is 416 g/mol. The fourth-order valence-electron chi connectivity index (χ4n) is 3.99. The molecule has 0 radical (unpaired) electrons. The molecule has 0 unspecified atom stereocenters. The third-order valence-electron chi connectivity index (χ3n) is 5.73. The van der Waals surface area contributed by atoms with E-state index in [0.717, 1.165) is 49.1 Å². The van der Waals surface area contributed by atoms with Crippen LogP contribution in [0.4, 0.5) is 17.2 Å². The number of fused-ring (bicyclic) bond motifs is 1. The van der Waals surface area contributed by atoms with Crippen LogP contribution in [-0.4, -0.2) is 43.8 Å². The molecule has 8 heteroatoms. The van der Waals surface area contributed by atoms with E-state index >= 15 is 0 Å². The maximum absolute atomic E-state index is 11.4. The van der Waals surface area contributed by atoms with E-state index in [-0.39, 0.29) is 6.54 Å². The Bertz CT molecular complexity index is 1240. The van der Waals surface area contributed by atoms with Gasteiger partial charge in [0.2, 0.25) is 24.7 Å². The van der Waals surface area contributed by atoms with Crippen molar-refractivity contribution in [2.75, 3.05) is 31.2 Å². The van der Waals surface area contributed by atoms with Crippen molar-refractivity contribution in [2.24, 2.45) is 15.7 Å². The zero-order chi connectivity index (χ0) is 22.8. The van der Waals surface area contributed by atoms with E-state index in [1.54, 1.807) is 10.8 Å². The molecule has 0 bridgehead atoms. The topological polar surface area (TPSA) is 88.0 Å². The second kappa shape index (κ2) is 8.91. The molecule has 8 nitrogen and oxygen atoms in total. The Labute approximate surface area is 192 Å². The zero-order valence-corrected chi connectivity index (χ0v) is 18.5. The summed E-state index contributed by atoms with van der Waals surface area (Å²) in [6, 6.07) is 16.5. The third-order valence-corrected chi connectivity index (χ3v) is 5.73. The van der Waals surface area contributed by atoms with E-state index in [1.807, 2.05) is 41.2 Å². The minimum atomic E-state index is -0.403. The number of nitrogens with zero attached hydrogens (tertiary/aromatic N) is 5. The molecule has 2 N–H and O–H groups in total. The first-order valence-corrected chi connectivity index (χ1v) is 11.0. The van der Waals surface area contributed by atoms with E-state index in [4.69, 9.17) is 20.5 Å². The van der Waals surface area contributed by atoms with Gasteiger partial charge in [0.15, 0.2) is 0 Å². The molecule has 3 heterocycles. The van der Waals surface area contributed by atoms with Crippen LogP contribution in [0.5, 0.6) is 0 Å². The average Bonchev–Trinajstić information content (AvgIpc) is 3.18. The summed E-state index contributed by atoms with van der Waals surface area (Å²) in [5, 5.41) is 0. The van der Waals surface area contributed by atoms with Gasteiger partial charge in [-0.2, -0.15) is 9.13 Å². The highest BCUT2D eigenvalue weighted by atomic mass is 16.5. The lowest BCUT2D eigenvalue weighted by molar-refractivity contribution is -0.701. The summed E-state index contributed by atoms with van der Waals surface area (Å²) in [4.78, 5) is 23.5. The molecule has 0 spiro atoms. The summed E-state index contributed by atoms with van der Waals surface area (Å²) in [5.41, 5.74) is 10.3. The van der Waals surface area contributed by atoms with Gasteiger partial charge < -0.3 is 15.4 Å². The number of amides is 1. The van der Waals surface area contributed by atoms with Crippen LogP contribution in [0.15, 0.2) is 77.1 Å². The summed E-state index contributed by atoms with van der Waals surface area (Å²) >= 11 is 0. The highest BCUT2D eigenvalue weighted by molar-refractivity contribution is 6.46. The second-order valence-corrected chi connectivity index (χ2v) is 8.17. The number of benzene rings is 2. The summed E-state index contributed by atoms with van der Waals surface area (Å²) in [6.07, 6.45) is 5.48. The molecule has 3 aromatic rings. The van der Waals surface area contributed by atoms with E-state index < -0.39 is 5.91 Å². The second-order valence-electron chi connectivity index (χ2n) is 8.17. The lowest BCUT2D eigenvalue weighted by atomic mass is 10.1. The fourth-order valence-corrected chi connectivity index (χ4v) is 3.99. The largest absolute Gasteiger partial charge is 0.378 e. The summed E-state index contributed by atoms with van der Waals surface area (Å²) in [5.74, 6) is 1.02. The highest BCUT2D eigenvalue weighted by Crippen LogP contribution is 2.22. The first-order chi connectivity index (χ1) is 16.1. The average molecular weight is 443 g/mol. The minimum absolute atomic E-state index is 0.0946. The number of ether oxygens (including phenoxy) is 1. The van der Waals surface area contributed by atoms with Crippen LogP contribution in [0.2, 0.25) is 0 Å². The number of nitrogens with two attached hydrogens (primary N) is 1. The Morgan fingerprint density at radius 3 is 2.52 bits per heavy atom. The number of aliphatic imine (C=N–C) groups is 2. The predicted octanol–water partition coefficient (Wildman–Crippen LogP) is 1.60. The number of hydrogen-bond acceptors (Lipinski definition) is 5. The Kier molecular flexibility index (Phi) is 5.66. The van der Waals surface area contributed by atoms with Crippen LogP contribution >= 0.6 is 0 Å². The molecule has 2 aliphatic rings. The molecule has 0 atom stereocenters. The van der Waals surface area contributed by atoms with Crippen molar-refractivity contribution in [3.8, 4) is 0 Å². The third kappa shape index (κ3) is 4.51. The predicted molar refractivity (Wildman–Crippen MR) is 125 cm³/mol. The summed E-state index contributed by atoms with van der Waals surface area (Å²) < 4.78 is 9.12. The molecular formula is C25H26N6O2+2. The number of hydrogen-bond donors (Lipinski definition) is 1. The first kappa shape index (κ1) is 21.0. The van der Waals surface area contributed by atoms with Crippen molar-refractivity contribution in [1.29, 1.82) is 0 Å². The lowest BCUT2D eigenvalue weighted by Gasteiger charge is -2.28. The van der Waals surface area contributed by atoms with Crippen LogP contribution in [-0.2, 0) is 16.1 Å². The molecule has 0 aliphatic carbocycles. The van der Waals surface area contributed by atoms with Gasteiger partial charge in [-0.1, -0.05) is 27.7 Å². The summed E-state index contributed by atoms with van der Waals surface area (Å²) in [6.45, 7) is 5.43. The minimum Gasteiger partial charge on any atom is -0.378 e. The van der Waals surface area contributed by atoms with Crippen molar-refractivity contribution < 1.29 is 18.7 Å². The molecule has 1 fully saturated rings. The van der Waals surface area contributed by atoms with Gasteiger partial charge in [0, 0.05) is 24.3 Å². The summed E-state index contributed by atoms with van der Waals surface area (Å²) in [7, 11) is 0. The van der Waals surface area contributed by atoms with Crippen LogP contribution < -0.4 is 19.8 Å². The normalized spacial score (nSPS) is 16.6. The molecule has 1 aromatic heterocycles. The molecule has 33 heavy (non-hydrogen) atoms. The highest BCUT2D eigenvalue weighted by Gasteiger charge is 2.35. The number of aromatic nitrogens is 2. The Morgan fingerprint density at radius 2 is 1.82 bits per heavy atom. The van der Waals surface area contributed by atoms with Gasteiger partial charge in [-0.25, -0.2) is 0 Å². The zero-order valence-electron chi connectivity index (χ0n) is 18.5. The van der Waals surface area contributed by atoms with Gasteiger partial charge in [0.1, 0.15) is 11.9 Å². The van der Waals surface area contributed by atoms with E-state index in [9.17, 15) is 4.79 Å². The maximum Gasteiger partial charge on any atom is 0.333 e. The van der Waals surface area contributed by atoms with Crippen molar-refractivity contribution in [3.63, 3.8) is 0 Å². The monoisotopic (exact) mass is 442 g/mol. The molecule has 1 amide bonds. The lowest BCUT2D eigenvalue weighted by Crippen LogP contribution is -2.48. The van der Waals surface area contributed by atoms with Gasteiger partial charge in [0.25, 0.3) is 5.91 Å². The van der Waals surface area contributed by atoms with Crippen molar-refractivity contribution in [3.05, 3.63) is 78.2 Å². The SMILES string of the molecule is Cc1ccc(N=C2C(c3ccc(N4CCOCC4)cc3)=Nc3c[n+](CC(N)=O)cc[n+]32)cc1. The smallest absolute Gasteiger partial charge is 0.333 e. The Morgan fingerprint density at radius 1 is 1.09 bits per heavy atom.